The van der Waals surface area contributed by atoms with Crippen LogP contribution in [0.15, 0.2) is 66.0 Å². The molecule has 0 saturated carbocycles. The van der Waals surface area contributed by atoms with Crippen LogP contribution in [0.2, 0.25) is 0 Å². The van der Waals surface area contributed by atoms with Gasteiger partial charge in [0.1, 0.15) is 22.2 Å². The molecule has 0 aliphatic carbocycles. The Kier molecular flexibility index (Phi) is 5.91. The lowest BCUT2D eigenvalue weighted by Crippen LogP contribution is -2.15. The number of hydrogen-bond acceptors (Lipinski definition) is 8. The highest BCUT2D eigenvalue weighted by Crippen LogP contribution is 2.34. The van der Waals surface area contributed by atoms with Crippen LogP contribution in [0.1, 0.15) is 0 Å². The van der Waals surface area contributed by atoms with Crippen LogP contribution in [-0.4, -0.2) is 40.3 Å². The topological polar surface area (TPSA) is 138 Å². The Morgan fingerprint density at radius 2 is 1.68 bits per heavy atom. The number of halogens is 2. The number of nitrogens with one attached hydrogen (secondary N) is 1. The third-order valence-electron chi connectivity index (χ3n) is 5.58. The van der Waals surface area contributed by atoms with Crippen LogP contribution >= 0.6 is 0 Å². The number of ether oxygens (including phenoxy) is 1. The van der Waals surface area contributed by atoms with Crippen molar-refractivity contribution < 1.29 is 21.9 Å². The summed E-state index contributed by atoms with van der Waals surface area (Å²) in [7, 11) is -1.31. The summed E-state index contributed by atoms with van der Waals surface area (Å²) < 4.78 is 62.4. The smallest absolute Gasteiger partial charge is 0.264 e. The van der Waals surface area contributed by atoms with Crippen LogP contribution < -0.4 is 15.2 Å². The molecule has 37 heavy (non-hydrogen) atoms. The van der Waals surface area contributed by atoms with Crippen molar-refractivity contribution >= 4 is 32.6 Å². The molecule has 13 heteroatoms. The van der Waals surface area contributed by atoms with Gasteiger partial charge < -0.3 is 10.5 Å². The summed E-state index contributed by atoms with van der Waals surface area (Å²) in [6, 6.07) is 9.19. The average Bonchev–Trinajstić information content (AvgIpc) is 3.19. The van der Waals surface area contributed by atoms with Crippen LogP contribution in [0.25, 0.3) is 33.3 Å². The maximum Gasteiger partial charge on any atom is 0.264 e. The maximum absolute atomic E-state index is 14.2. The standard InChI is InChI=1S/C24H19F2N7O3S/c1-33-22(15-11-29-24(27)30-12-15)17-7-13(3-5-19(17)31-33)14-8-20(23(36-2)28-10-14)32-37(34,35)21-6-4-16(25)9-18(21)26/h3-12,32H,1-2H3,(H2,27,29,30). The number of sulfonamides is 1. The Balaban J connectivity index is 1.58. The number of aromatic nitrogens is 5. The molecule has 0 unspecified atom stereocenters. The van der Waals surface area contributed by atoms with E-state index in [4.69, 9.17) is 10.5 Å². The van der Waals surface area contributed by atoms with Gasteiger partial charge in [0, 0.05) is 48.2 Å². The van der Waals surface area contributed by atoms with Gasteiger partial charge in [-0.2, -0.15) is 5.10 Å². The van der Waals surface area contributed by atoms with Gasteiger partial charge in [-0.05, 0) is 35.9 Å². The van der Waals surface area contributed by atoms with Gasteiger partial charge in [0.05, 0.1) is 18.3 Å². The molecule has 0 spiro atoms. The molecule has 10 nitrogen and oxygen atoms in total. The molecule has 0 saturated heterocycles. The van der Waals surface area contributed by atoms with Gasteiger partial charge in [-0.1, -0.05) is 6.07 Å². The fraction of sp³-hybridized carbons (Fsp3) is 0.0833. The molecule has 3 heterocycles. The van der Waals surface area contributed by atoms with Crippen molar-refractivity contribution in [2.45, 2.75) is 4.90 Å². The monoisotopic (exact) mass is 523 g/mol. The van der Waals surface area contributed by atoms with Crippen LogP contribution in [0, 0.1) is 11.6 Å². The van der Waals surface area contributed by atoms with Crippen molar-refractivity contribution in [2.24, 2.45) is 7.05 Å². The number of nitrogen functional groups attached to an aromatic ring is 1. The van der Waals surface area contributed by atoms with Crippen molar-refractivity contribution in [2.75, 3.05) is 17.6 Å². The van der Waals surface area contributed by atoms with E-state index in [9.17, 15) is 17.2 Å². The molecule has 0 bridgehead atoms. The van der Waals surface area contributed by atoms with E-state index in [1.54, 1.807) is 30.2 Å². The molecule has 3 aromatic heterocycles. The Morgan fingerprint density at radius 3 is 2.38 bits per heavy atom. The molecule has 2 aromatic carbocycles. The van der Waals surface area contributed by atoms with E-state index in [2.05, 4.69) is 24.8 Å². The van der Waals surface area contributed by atoms with Gasteiger partial charge in [-0.15, -0.1) is 0 Å². The fourth-order valence-corrected chi connectivity index (χ4v) is 5.03. The molecular formula is C24H19F2N7O3S. The van der Waals surface area contributed by atoms with Crippen molar-refractivity contribution in [1.82, 2.24) is 24.7 Å². The minimum atomic E-state index is -4.42. The number of fused-ring (bicyclic) bond motifs is 1. The third-order valence-corrected chi connectivity index (χ3v) is 6.98. The predicted molar refractivity (Wildman–Crippen MR) is 133 cm³/mol. The summed E-state index contributed by atoms with van der Waals surface area (Å²) >= 11 is 0. The fourth-order valence-electron chi connectivity index (χ4n) is 3.92. The number of anilines is 2. The lowest BCUT2D eigenvalue weighted by Gasteiger charge is -2.13. The van der Waals surface area contributed by atoms with Gasteiger partial charge in [0.25, 0.3) is 10.0 Å². The van der Waals surface area contributed by atoms with Gasteiger partial charge in [0.2, 0.25) is 11.8 Å². The number of aryl methyl sites for hydroxylation is 1. The summed E-state index contributed by atoms with van der Waals surface area (Å²) in [6.07, 6.45) is 4.71. The van der Waals surface area contributed by atoms with Gasteiger partial charge >= 0.3 is 0 Å². The molecule has 3 N–H and O–H groups in total. The van der Waals surface area contributed by atoms with E-state index in [-0.39, 0.29) is 17.5 Å². The number of rotatable bonds is 6. The molecule has 0 amide bonds. The summed E-state index contributed by atoms with van der Waals surface area (Å²) in [5.74, 6) is -2.00. The average molecular weight is 524 g/mol. The van der Waals surface area contributed by atoms with Gasteiger partial charge in [0.15, 0.2) is 0 Å². The first kappa shape index (κ1) is 24.1. The van der Waals surface area contributed by atoms with E-state index < -0.39 is 26.6 Å². The van der Waals surface area contributed by atoms with Crippen molar-refractivity contribution in [3.8, 4) is 28.3 Å². The van der Waals surface area contributed by atoms with Crippen LogP contribution in [0.4, 0.5) is 20.4 Å². The van der Waals surface area contributed by atoms with Crippen LogP contribution in [0.3, 0.4) is 0 Å². The van der Waals surface area contributed by atoms with E-state index in [0.29, 0.717) is 28.3 Å². The molecule has 5 aromatic rings. The second-order valence-electron chi connectivity index (χ2n) is 8.00. The molecule has 0 aliphatic heterocycles. The zero-order valence-corrected chi connectivity index (χ0v) is 20.3. The Hall–Kier alpha value is -4.65. The third kappa shape index (κ3) is 4.51. The number of nitrogens with zero attached hydrogens (tertiary/aromatic N) is 5. The minimum absolute atomic E-state index is 0.0258. The second kappa shape index (κ2) is 9.09. The molecule has 0 atom stereocenters. The van der Waals surface area contributed by atoms with Gasteiger partial charge in [-0.25, -0.2) is 32.2 Å². The minimum Gasteiger partial charge on any atom is -0.480 e. The molecule has 0 radical (unpaired) electrons. The SMILES string of the molecule is COc1ncc(-c2ccc3nn(C)c(-c4cnc(N)nc4)c3c2)cc1NS(=O)(=O)c1ccc(F)cc1F. The summed E-state index contributed by atoms with van der Waals surface area (Å²) in [5, 5.41) is 5.32. The second-order valence-corrected chi connectivity index (χ2v) is 9.65. The lowest BCUT2D eigenvalue weighted by molar-refractivity contribution is 0.400. The van der Waals surface area contributed by atoms with Crippen molar-refractivity contribution in [3.05, 3.63) is 72.7 Å². The summed E-state index contributed by atoms with van der Waals surface area (Å²) in [5.41, 5.74) is 9.01. The van der Waals surface area contributed by atoms with Gasteiger partial charge in [-0.3, -0.25) is 9.40 Å². The summed E-state index contributed by atoms with van der Waals surface area (Å²) in [6.45, 7) is 0. The van der Waals surface area contributed by atoms with E-state index in [1.165, 1.54) is 19.4 Å². The zero-order chi connectivity index (χ0) is 26.3. The zero-order valence-electron chi connectivity index (χ0n) is 19.5. The number of hydrogen-bond donors (Lipinski definition) is 2. The number of nitrogens with two attached hydrogens (primary N) is 1. The maximum atomic E-state index is 14.2. The largest absolute Gasteiger partial charge is 0.480 e. The Labute approximate surface area is 209 Å². The van der Waals surface area contributed by atoms with E-state index in [0.717, 1.165) is 23.2 Å². The number of benzene rings is 2. The molecule has 188 valence electrons. The first-order chi connectivity index (χ1) is 17.7. The Bertz CT molecular complexity index is 1760. The molecule has 0 fully saturated rings. The normalized spacial score (nSPS) is 11.6. The predicted octanol–water partition coefficient (Wildman–Crippen LogP) is 3.76. The van der Waals surface area contributed by atoms with Crippen molar-refractivity contribution in [3.63, 3.8) is 0 Å². The highest BCUT2D eigenvalue weighted by atomic mass is 32.2. The highest BCUT2D eigenvalue weighted by Gasteiger charge is 2.22. The van der Waals surface area contributed by atoms with Crippen LogP contribution in [-0.2, 0) is 17.1 Å². The molecule has 0 aliphatic rings. The molecular weight excluding hydrogens is 504 g/mol. The number of methoxy groups -OCH3 is 1. The van der Waals surface area contributed by atoms with E-state index >= 15 is 0 Å². The molecule has 5 rings (SSSR count). The van der Waals surface area contributed by atoms with E-state index in [1.807, 2.05) is 12.1 Å². The number of pyridine rings is 1. The van der Waals surface area contributed by atoms with Crippen LogP contribution in [0.5, 0.6) is 5.88 Å². The lowest BCUT2D eigenvalue weighted by atomic mass is 10.0. The Morgan fingerprint density at radius 1 is 0.946 bits per heavy atom. The highest BCUT2D eigenvalue weighted by molar-refractivity contribution is 7.92. The quantitative estimate of drug-likeness (QED) is 0.343. The van der Waals surface area contributed by atoms with Crippen molar-refractivity contribution in [1.29, 1.82) is 0 Å². The first-order valence-corrected chi connectivity index (χ1v) is 12.2. The first-order valence-electron chi connectivity index (χ1n) is 10.7. The summed E-state index contributed by atoms with van der Waals surface area (Å²) in [4.78, 5) is 11.6.